The quantitative estimate of drug-likeness (QED) is 0.428. The fraction of sp³-hybridized carbons (Fsp3) is 0.391. The number of hydrogen-bond acceptors (Lipinski definition) is 10. The van der Waals surface area contributed by atoms with Crippen LogP contribution in [0.1, 0.15) is 42.8 Å². The summed E-state index contributed by atoms with van der Waals surface area (Å²) in [6.45, 7) is 5.53. The van der Waals surface area contributed by atoms with Crippen molar-refractivity contribution >= 4 is 32.8 Å². The first-order valence-electron chi connectivity index (χ1n) is 11.5. The van der Waals surface area contributed by atoms with Crippen LogP contribution in [0.4, 0.5) is 17.3 Å². The van der Waals surface area contributed by atoms with Crippen LogP contribution in [-0.4, -0.2) is 62.3 Å². The molecule has 0 aromatic carbocycles. The molecule has 1 fully saturated rings. The van der Waals surface area contributed by atoms with E-state index >= 15 is 0 Å². The average Bonchev–Trinajstić information content (AvgIpc) is 3.30. The lowest BCUT2D eigenvalue weighted by Gasteiger charge is -2.31. The fourth-order valence-electron chi connectivity index (χ4n) is 4.25. The second-order valence-corrected chi connectivity index (χ2v) is 10.7. The SMILES string of the molecule is CCc1cnc(N2CCC(c3nnc4c(Nc5ccc(S(C)(=O)=O)nc5C)cncn34)CC2)nc1. The molecule has 0 atom stereocenters. The molecule has 1 N–H and O–H groups in total. The first-order valence-corrected chi connectivity index (χ1v) is 13.4. The predicted molar refractivity (Wildman–Crippen MR) is 132 cm³/mol. The molecule has 0 spiro atoms. The number of nitrogens with one attached hydrogen (secondary N) is 1. The van der Waals surface area contributed by atoms with Crippen molar-refractivity contribution in [2.45, 2.75) is 44.1 Å². The maximum Gasteiger partial charge on any atom is 0.225 e. The third-order valence-electron chi connectivity index (χ3n) is 6.30. The minimum absolute atomic E-state index is 0.0414. The average molecular weight is 494 g/mol. The van der Waals surface area contributed by atoms with Crippen LogP contribution in [0.3, 0.4) is 0 Å². The van der Waals surface area contributed by atoms with Gasteiger partial charge in [-0.2, -0.15) is 0 Å². The molecule has 0 amide bonds. The summed E-state index contributed by atoms with van der Waals surface area (Å²) in [5.41, 5.74) is 3.70. The Labute approximate surface area is 203 Å². The Hall–Kier alpha value is -3.67. The normalized spacial score (nSPS) is 15.0. The maximum atomic E-state index is 11.8. The van der Waals surface area contributed by atoms with Crippen LogP contribution in [0.5, 0.6) is 0 Å². The Morgan fingerprint density at radius 2 is 1.80 bits per heavy atom. The van der Waals surface area contributed by atoms with Gasteiger partial charge in [-0.3, -0.25) is 4.40 Å². The van der Waals surface area contributed by atoms with Crippen molar-refractivity contribution in [1.82, 2.24) is 34.5 Å². The van der Waals surface area contributed by atoms with Gasteiger partial charge in [0.2, 0.25) is 5.95 Å². The number of hydrogen-bond donors (Lipinski definition) is 1. The molecule has 4 aromatic rings. The minimum Gasteiger partial charge on any atom is -0.350 e. The second-order valence-electron chi connectivity index (χ2n) is 8.74. The van der Waals surface area contributed by atoms with Crippen LogP contribution in [-0.2, 0) is 16.3 Å². The molecule has 0 bridgehead atoms. The summed E-state index contributed by atoms with van der Waals surface area (Å²) in [6, 6.07) is 3.19. The van der Waals surface area contributed by atoms with E-state index in [0.717, 1.165) is 55.9 Å². The summed E-state index contributed by atoms with van der Waals surface area (Å²) in [4.78, 5) is 19.8. The van der Waals surface area contributed by atoms with E-state index in [-0.39, 0.29) is 10.9 Å². The molecule has 4 aromatic heterocycles. The predicted octanol–water partition coefficient (Wildman–Crippen LogP) is 2.71. The maximum absolute atomic E-state index is 11.8. The van der Waals surface area contributed by atoms with Crippen molar-refractivity contribution in [1.29, 1.82) is 0 Å². The third kappa shape index (κ3) is 4.65. The highest BCUT2D eigenvalue weighted by Gasteiger charge is 2.26. The highest BCUT2D eigenvalue weighted by Crippen LogP contribution is 2.30. The van der Waals surface area contributed by atoms with Gasteiger partial charge in [-0.15, -0.1) is 10.2 Å². The Bertz CT molecular complexity index is 1460. The van der Waals surface area contributed by atoms with E-state index < -0.39 is 9.84 Å². The molecular weight excluding hydrogens is 466 g/mol. The van der Waals surface area contributed by atoms with Crippen molar-refractivity contribution in [2.24, 2.45) is 0 Å². The van der Waals surface area contributed by atoms with Gasteiger partial charge in [0, 0.05) is 37.7 Å². The topological polar surface area (TPSA) is 131 Å². The van der Waals surface area contributed by atoms with E-state index in [4.69, 9.17) is 0 Å². The van der Waals surface area contributed by atoms with E-state index in [1.165, 1.54) is 6.07 Å². The number of aromatic nitrogens is 7. The number of anilines is 3. The van der Waals surface area contributed by atoms with Crippen LogP contribution in [0, 0.1) is 6.92 Å². The molecule has 35 heavy (non-hydrogen) atoms. The Kier molecular flexibility index (Phi) is 6.05. The molecule has 182 valence electrons. The minimum atomic E-state index is -3.37. The summed E-state index contributed by atoms with van der Waals surface area (Å²) in [6.07, 6.45) is 11.1. The number of nitrogens with zero attached hydrogens (tertiary/aromatic N) is 8. The number of rotatable bonds is 6. The lowest BCUT2D eigenvalue weighted by Crippen LogP contribution is -2.34. The van der Waals surface area contributed by atoms with Crippen molar-refractivity contribution in [3.63, 3.8) is 0 Å². The summed E-state index contributed by atoms with van der Waals surface area (Å²) < 4.78 is 25.5. The highest BCUT2D eigenvalue weighted by molar-refractivity contribution is 7.90. The molecule has 0 aliphatic carbocycles. The molecule has 1 aliphatic heterocycles. The number of piperidine rings is 1. The molecule has 0 saturated carbocycles. The number of sulfone groups is 1. The van der Waals surface area contributed by atoms with Gasteiger partial charge < -0.3 is 10.2 Å². The first kappa shape index (κ1) is 23.1. The smallest absolute Gasteiger partial charge is 0.225 e. The largest absolute Gasteiger partial charge is 0.350 e. The monoisotopic (exact) mass is 493 g/mol. The number of fused-ring (bicyclic) bond motifs is 1. The second kappa shape index (κ2) is 9.17. The molecular formula is C23H27N9O2S. The summed E-state index contributed by atoms with van der Waals surface area (Å²) in [5.74, 6) is 1.89. The molecule has 0 unspecified atom stereocenters. The van der Waals surface area contributed by atoms with Crippen molar-refractivity contribution in [3.05, 3.63) is 54.1 Å². The molecule has 11 nitrogen and oxygen atoms in total. The van der Waals surface area contributed by atoms with Gasteiger partial charge in [0.05, 0.1) is 17.6 Å². The van der Waals surface area contributed by atoms with Crippen LogP contribution in [0.25, 0.3) is 5.65 Å². The first-order chi connectivity index (χ1) is 16.8. The number of pyridine rings is 1. The van der Waals surface area contributed by atoms with Crippen molar-refractivity contribution in [2.75, 3.05) is 29.6 Å². The lowest BCUT2D eigenvalue weighted by atomic mass is 9.96. The molecule has 12 heteroatoms. The van der Waals surface area contributed by atoms with Gasteiger partial charge in [-0.25, -0.2) is 28.4 Å². The van der Waals surface area contributed by atoms with Gasteiger partial charge in [-0.05, 0) is 43.9 Å². The molecule has 5 rings (SSSR count). The molecule has 5 heterocycles. The Balaban J connectivity index is 1.34. The van der Waals surface area contributed by atoms with Gasteiger partial charge in [-0.1, -0.05) is 6.92 Å². The standard InChI is InChI=1S/C23H27N9O2S/c1-4-16-11-25-23(26-12-16)31-9-7-17(8-10-31)21-29-30-22-19(13-24-14-32(21)22)28-18-5-6-20(27-15(18)2)35(3,33)34/h5-6,11-14,17,28H,4,7-10H2,1-3H3. The summed E-state index contributed by atoms with van der Waals surface area (Å²) >= 11 is 0. The third-order valence-corrected chi connectivity index (χ3v) is 7.29. The van der Waals surface area contributed by atoms with Crippen LogP contribution < -0.4 is 10.2 Å². The molecule has 1 saturated heterocycles. The highest BCUT2D eigenvalue weighted by atomic mass is 32.2. The summed E-state index contributed by atoms with van der Waals surface area (Å²) in [7, 11) is -3.37. The zero-order valence-corrected chi connectivity index (χ0v) is 20.7. The number of aryl methyl sites for hydroxylation is 2. The van der Waals surface area contributed by atoms with E-state index in [0.29, 0.717) is 22.7 Å². The Morgan fingerprint density at radius 3 is 2.46 bits per heavy atom. The van der Waals surface area contributed by atoms with Crippen LogP contribution in [0.2, 0.25) is 0 Å². The fourth-order valence-corrected chi connectivity index (χ4v) is 4.87. The molecule has 1 aliphatic rings. The van der Waals surface area contributed by atoms with E-state index in [1.54, 1.807) is 25.5 Å². The lowest BCUT2D eigenvalue weighted by molar-refractivity contribution is 0.477. The Morgan fingerprint density at radius 1 is 1.06 bits per heavy atom. The summed E-state index contributed by atoms with van der Waals surface area (Å²) in [5, 5.41) is 12.2. The van der Waals surface area contributed by atoms with E-state index in [9.17, 15) is 8.42 Å². The van der Waals surface area contributed by atoms with Gasteiger partial charge in [0.1, 0.15) is 17.8 Å². The van der Waals surface area contributed by atoms with Crippen molar-refractivity contribution < 1.29 is 8.42 Å². The zero-order valence-electron chi connectivity index (χ0n) is 19.9. The van der Waals surface area contributed by atoms with E-state index in [1.807, 2.05) is 16.8 Å². The molecule has 0 radical (unpaired) electrons. The van der Waals surface area contributed by atoms with E-state index in [2.05, 4.69) is 47.3 Å². The van der Waals surface area contributed by atoms with Gasteiger partial charge >= 0.3 is 0 Å². The zero-order chi connectivity index (χ0) is 24.6. The van der Waals surface area contributed by atoms with Gasteiger partial charge in [0.15, 0.2) is 20.5 Å². The van der Waals surface area contributed by atoms with Crippen molar-refractivity contribution in [3.8, 4) is 0 Å². The van der Waals surface area contributed by atoms with Gasteiger partial charge in [0.25, 0.3) is 0 Å². The van der Waals surface area contributed by atoms with Crippen LogP contribution in [0.15, 0.2) is 42.1 Å². The van der Waals surface area contributed by atoms with Crippen LogP contribution >= 0.6 is 0 Å².